The van der Waals surface area contributed by atoms with Gasteiger partial charge >= 0.3 is 18.1 Å². The summed E-state index contributed by atoms with van der Waals surface area (Å²) in [4.78, 5) is 23.1. The van der Waals surface area contributed by atoms with Gasteiger partial charge in [0, 0.05) is 18.7 Å². The van der Waals surface area contributed by atoms with Crippen molar-refractivity contribution in [3.8, 4) is 5.75 Å². The highest BCUT2D eigenvalue weighted by Crippen LogP contribution is 2.32. The van der Waals surface area contributed by atoms with Crippen molar-refractivity contribution in [2.45, 2.75) is 19.1 Å². The highest BCUT2D eigenvalue weighted by Gasteiger charge is 2.43. The van der Waals surface area contributed by atoms with Crippen LogP contribution < -0.4 is 4.74 Å². The minimum absolute atomic E-state index is 0.113. The number of fused-ring (bicyclic) bond motifs is 1. The number of amides is 1. The van der Waals surface area contributed by atoms with Crippen molar-refractivity contribution in [1.29, 1.82) is 0 Å². The summed E-state index contributed by atoms with van der Waals surface area (Å²) in [6.45, 7) is -0.530. The van der Waals surface area contributed by atoms with E-state index in [1.54, 1.807) is 0 Å². The predicted octanol–water partition coefficient (Wildman–Crippen LogP) is 1.84. The maximum absolute atomic E-state index is 12.5. The van der Waals surface area contributed by atoms with Crippen LogP contribution in [-0.4, -0.2) is 41.7 Å². The second-order valence-corrected chi connectivity index (χ2v) is 4.55. The third-order valence-corrected chi connectivity index (χ3v) is 3.35. The molecule has 0 aromatic heterocycles. The first-order valence-electron chi connectivity index (χ1n) is 6.04. The Labute approximate surface area is 117 Å². The Morgan fingerprint density at radius 2 is 1.95 bits per heavy atom. The molecule has 1 aromatic carbocycles. The molecular formula is C13H12F3NO4. The van der Waals surface area contributed by atoms with Crippen LogP contribution in [0.3, 0.4) is 0 Å². The van der Waals surface area contributed by atoms with Gasteiger partial charge in [-0.1, -0.05) is 0 Å². The number of hydrogen-bond acceptors (Lipinski definition) is 3. The van der Waals surface area contributed by atoms with Gasteiger partial charge in [0.25, 0.3) is 0 Å². The Morgan fingerprint density at radius 3 is 2.48 bits per heavy atom. The van der Waals surface area contributed by atoms with Crippen LogP contribution in [0.5, 0.6) is 5.75 Å². The second kappa shape index (κ2) is 5.27. The third kappa shape index (κ3) is 2.79. The van der Waals surface area contributed by atoms with Crippen LogP contribution in [0.25, 0.3) is 0 Å². The van der Waals surface area contributed by atoms with Crippen LogP contribution in [0.15, 0.2) is 12.1 Å². The molecule has 114 valence electrons. The fourth-order valence-corrected chi connectivity index (χ4v) is 2.39. The molecule has 0 saturated carbocycles. The van der Waals surface area contributed by atoms with Crippen LogP contribution in [0.2, 0.25) is 0 Å². The summed E-state index contributed by atoms with van der Waals surface area (Å²) in [7, 11) is 1.39. The van der Waals surface area contributed by atoms with Gasteiger partial charge in [-0.25, -0.2) is 4.79 Å². The lowest BCUT2D eigenvalue weighted by atomic mass is 9.93. The van der Waals surface area contributed by atoms with E-state index >= 15 is 0 Å². The maximum atomic E-state index is 12.5. The molecular weight excluding hydrogens is 291 g/mol. The number of carbonyl (C=O) groups is 2. The molecule has 1 heterocycles. The largest absolute Gasteiger partial charge is 0.496 e. The minimum Gasteiger partial charge on any atom is -0.496 e. The number of alkyl halides is 3. The normalized spacial score (nSPS) is 14.6. The van der Waals surface area contributed by atoms with Crippen molar-refractivity contribution < 1.29 is 32.6 Å². The molecule has 1 amide bonds. The Kier molecular flexibility index (Phi) is 3.80. The summed E-state index contributed by atoms with van der Waals surface area (Å²) in [5.74, 6) is -2.81. The van der Waals surface area contributed by atoms with E-state index in [2.05, 4.69) is 0 Å². The minimum atomic E-state index is -4.97. The van der Waals surface area contributed by atoms with E-state index in [4.69, 9.17) is 9.84 Å². The average molecular weight is 303 g/mol. The summed E-state index contributed by atoms with van der Waals surface area (Å²) in [5, 5.41) is 9.12. The van der Waals surface area contributed by atoms with Crippen molar-refractivity contribution in [1.82, 2.24) is 4.90 Å². The molecule has 0 spiro atoms. The molecule has 0 bridgehead atoms. The molecule has 8 heteroatoms. The number of hydrogen-bond donors (Lipinski definition) is 1. The van der Waals surface area contributed by atoms with Crippen molar-refractivity contribution >= 4 is 11.9 Å². The van der Waals surface area contributed by atoms with E-state index in [9.17, 15) is 22.8 Å². The van der Waals surface area contributed by atoms with E-state index in [-0.39, 0.29) is 24.1 Å². The van der Waals surface area contributed by atoms with Crippen LogP contribution in [0.4, 0.5) is 13.2 Å². The van der Waals surface area contributed by atoms with E-state index in [0.717, 1.165) is 0 Å². The Balaban J connectivity index is 2.43. The number of halogens is 3. The molecule has 21 heavy (non-hydrogen) atoms. The molecule has 1 aromatic rings. The third-order valence-electron chi connectivity index (χ3n) is 3.35. The lowest BCUT2D eigenvalue weighted by Gasteiger charge is -2.31. The summed E-state index contributed by atoms with van der Waals surface area (Å²) in [6.07, 6.45) is -4.86. The van der Waals surface area contributed by atoms with Crippen molar-refractivity contribution in [2.24, 2.45) is 0 Å². The van der Waals surface area contributed by atoms with Gasteiger partial charge in [0.1, 0.15) is 5.75 Å². The monoisotopic (exact) mass is 303 g/mol. The number of ether oxygens (including phenoxy) is 1. The first-order valence-corrected chi connectivity index (χ1v) is 6.04. The number of carboxylic acid groups (broad SMARTS) is 1. The summed E-state index contributed by atoms with van der Waals surface area (Å²) < 4.78 is 42.5. The van der Waals surface area contributed by atoms with Gasteiger partial charge < -0.3 is 14.7 Å². The SMILES string of the molecule is COc1ccc(C(=O)O)c2c1CCN(C(=O)C(F)(F)F)C2. The molecule has 1 aliphatic rings. The number of nitrogens with zero attached hydrogens (tertiary/aromatic N) is 1. The van der Waals surface area contributed by atoms with Crippen LogP contribution >= 0.6 is 0 Å². The van der Waals surface area contributed by atoms with E-state index in [0.29, 0.717) is 16.2 Å². The molecule has 0 aliphatic carbocycles. The number of carboxylic acids is 1. The molecule has 0 fully saturated rings. The predicted molar refractivity (Wildman–Crippen MR) is 65.1 cm³/mol. The fourth-order valence-electron chi connectivity index (χ4n) is 2.39. The number of methoxy groups -OCH3 is 1. The molecule has 5 nitrogen and oxygen atoms in total. The molecule has 2 rings (SSSR count). The van der Waals surface area contributed by atoms with Crippen LogP contribution in [0.1, 0.15) is 21.5 Å². The number of rotatable bonds is 2. The van der Waals surface area contributed by atoms with Gasteiger partial charge in [-0.3, -0.25) is 4.79 Å². The Bertz CT molecular complexity index is 598. The summed E-state index contributed by atoms with van der Waals surface area (Å²) >= 11 is 0. The van der Waals surface area contributed by atoms with Gasteiger partial charge in [0.15, 0.2) is 0 Å². The van der Waals surface area contributed by atoms with E-state index in [1.165, 1.54) is 19.2 Å². The summed E-state index contributed by atoms with van der Waals surface area (Å²) in [5.41, 5.74) is 0.597. The fraction of sp³-hybridized carbons (Fsp3) is 0.385. The average Bonchev–Trinajstić information content (AvgIpc) is 2.43. The molecule has 1 N–H and O–H groups in total. The molecule has 0 unspecified atom stereocenters. The highest BCUT2D eigenvalue weighted by atomic mass is 19.4. The highest BCUT2D eigenvalue weighted by molar-refractivity contribution is 5.91. The maximum Gasteiger partial charge on any atom is 0.471 e. The first kappa shape index (κ1) is 15.1. The molecule has 0 atom stereocenters. The standard InChI is InChI=1S/C13H12F3NO4/c1-21-10-3-2-8(11(18)19)9-6-17(5-4-7(9)10)12(20)13(14,15)16/h2-3H,4-6H2,1H3,(H,18,19). The van der Waals surface area contributed by atoms with Gasteiger partial charge in [-0.15, -0.1) is 0 Å². The topological polar surface area (TPSA) is 66.8 Å². The van der Waals surface area contributed by atoms with Gasteiger partial charge in [0.05, 0.1) is 12.7 Å². The smallest absolute Gasteiger partial charge is 0.471 e. The van der Waals surface area contributed by atoms with Gasteiger partial charge in [0.2, 0.25) is 0 Å². The Hall–Kier alpha value is -2.25. The van der Waals surface area contributed by atoms with Crippen molar-refractivity contribution in [3.63, 3.8) is 0 Å². The lowest BCUT2D eigenvalue weighted by molar-refractivity contribution is -0.186. The molecule has 0 radical (unpaired) electrons. The van der Waals surface area contributed by atoms with Gasteiger partial charge in [-0.05, 0) is 24.1 Å². The molecule has 1 aliphatic heterocycles. The van der Waals surface area contributed by atoms with Crippen LogP contribution in [-0.2, 0) is 17.8 Å². The number of benzene rings is 1. The van der Waals surface area contributed by atoms with Crippen LogP contribution in [0, 0.1) is 0 Å². The first-order chi connectivity index (χ1) is 9.75. The number of aromatic carboxylic acids is 1. The summed E-state index contributed by atoms with van der Waals surface area (Å²) in [6, 6.07) is 2.73. The van der Waals surface area contributed by atoms with Crippen molar-refractivity contribution in [3.05, 3.63) is 28.8 Å². The zero-order chi connectivity index (χ0) is 15.8. The van der Waals surface area contributed by atoms with Crippen molar-refractivity contribution in [2.75, 3.05) is 13.7 Å². The Morgan fingerprint density at radius 1 is 1.29 bits per heavy atom. The zero-order valence-corrected chi connectivity index (χ0v) is 11.0. The quantitative estimate of drug-likeness (QED) is 0.905. The number of carbonyl (C=O) groups excluding carboxylic acids is 1. The van der Waals surface area contributed by atoms with E-state index in [1.807, 2.05) is 0 Å². The zero-order valence-electron chi connectivity index (χ0n) is 11.0. The molecule has 0 saturated heterocycles. The van der Waals surface area contributed by atoms with E-state index < -0.39 is 24.6 Å². The second-order valence-electron chi connectivity index (χ2n) is 4.55. The lowest BCUT2D eigenvalue weighted by Crippen LogP contribution is -2.44. The van der Waals surface area contributed by atoms with Gasteiger partial charge in [-0.2, -0.15) is 13.2 Å².